The molecule has 1 unspecified atom stereocenters. The van der Waals surface area contributed by atoms with Crippen LogP contribution in [0.1, 0.15) is 28.9 Å². The lowest BCUT2D eigenvalue weighted by atomic mass is 10.1. The number of nitrogens with one attached hydrogen (secondary N) is 1. The Kier molecular flexibility index (Phi) is 6.34. The number of nitrogens with zero attached hydrogens (tertiary/aromatic N) is 1. The normalized spacial score (nSPS) is 16.5. The molecule has 0 radical (unpaired) electrons. The van der Waals surface area contributed by atoms with Gasteiger partial charge in [-0.1, -0.05) is 23.7 Å². The van der Waals surface area contributed by atoms with Crippen LogP contribution in [0.15, 0.2) is 47.4 Å². The van der Waals surface area contributed by atoms with Gasteiger partial charge in [0.05, 0.1) is 34.7 Å². The van der Waals surface area contributed by atoms with Crippen molar-refractivity contribution in [2.24, 2.45) is 0 Å². The highest BCUT2D eigenvalue weighted by molar-refractivity contribution is 7.89. The van der Waals surface area contributed by atoms with Crippen molar-refractivity contribution in [1.82, 2.24) is 9.62 Å². The lowest BCUT2D eigenvalue weighted by Gasteiger charge is -2.26. The van der Waals surface area contributed by atoms with Gasteiger partial charge in [0.1, 0.15) is 5.82 Å². The van der Waals surface area contributed by atoms with E-state index in [0.29, 0.717) is 18.8 Å². The molecule has 1 saturated heterocycles. The molecule has 1 aliphatic rings. The largest absolute Gasteiger partial charge is 0.379 e. The van der Waals surface area contributed by atoms with Gasteiger partial charge in [0.2, 0.25) is 10.0 Å². The van der Waals surface area contributed by atoms with Crippen LogP contribution < -0.4 is 5.32 Å². The summed E-state index contributed by atoms with van der Waals surface area (Å²) in [4.78, 5) is 12.7. The molecule has 0 saturated carbocycles. The molecule has 2 aromatic carbocycles. The molecule has 9 heteroatoms. The standard InChI is InChI=1S/C19H20ClFN2O4S/c1-13(14-2-4-15(21)5-3-14)22-19(24)17-12-16(6-7-18(17)20)28(25,26)23-8-10-27-11-9-23/h2-7,12-13H,8-11H2,1H3,(H,22,24). The molecule has 6 nitrogen and oxygen atoms in total. The number of hydrogen-bond acceptors (Lipinski definition) is 4. The molecular weight excluding hydrogens is 407 g/mol. The molecule has 1 aliphatic heterocycles. The fourth-order valence-corrected chi connectivity index (χ4v) is 4.52. The molecule has 0 bridgehead atoms. The number of halogens is 2. The lowest BCUT2D eigenvalue weighted by Crippen LogP contribution is -2.40. The molecule has 3 rings (SSSR count). The van der Waals surface area contributed by atoms with E-state index in [-0.39, 0.29) is 34.4 Å². The van der Waals surface area contributed by atoms with Gasteiger partial charge in [-0.15, -0.1) is 0 Å². The third kappa shape index (κ3) is 4.52. The first-order chi connectivity index (χ1) is 13.3. The first-order valence-electron chi connectivity index (χ1n) is 8.73. The Hall–Kier alpha value is -2.00. The van der Waals surface area contributed by atoms with E-state index in [1.807, 2.05) is 0 Å². The van der Waals surface area contributed by atoms with Gasteiger partial charge in [-0.25, -0.2) is 12.8 Å². The molecule has 2 aromatic rings. The van der Waals surface area contributed by atoms with Crippen LogP contribution in [-0.4, -0.2) is 44.9 Å². The molecular formula is C19H20ClFN2O4S. The second-order valence-corrected chi connectivity index (χ2v) is 8.75. The second-order valence-electron chi connectivity index (χ2n) is 6.40. The Morgan fingerprint density at radius 2 is 1.82 bits per heavy atom. The molecule has 150 valence electrons. The van der Waals surface area contributed by atoms with Crippen molar-refractivity contribution >= 4 is 27.5 Å². The summed E-state index contributed by atoms with van der Waals surface area (Å²) in [6.07, 6.45) is 0. The number of amides is 1. The van der Waals surface area contributed by atoms with E-state index in [1.54, 1.807) is 19.1 Å². The fourth-order valence-electron chi connectivity index (χ4n) is 2.88. The topological polar surface area (TPSA) is 75.7 Å². The van der Waals surface area contributed by atoms with Crippen LogP contribution in [0.3, 0.4) is 0 Å². The molecule has 1 fully saturated rings. The maximum absolute atomic E-state index is 13.1. The van der Waals surface area contributed by atoms with E-state index in [2.05, 4.69) is 5.32 Å². The van der Waals surface area contributed by atoms with Crippen LogP contribution in [0, 0.1) is 5.82 Å². The first-order valence-corrected chi connectivity index (χ1v) is 10.5. The average molecular weight is 427 g/mol. The summed E-state index contributed by atoms with van der Waals surface area (Å²) in [6, 6.07) is 9.40. The van der Waals surface area contributed by atoms with Gasteiger partial charge in [-0.3, -0.25) is 4.79 Å². The van der Waals surface area contributed by atoms with Crippen molar-refractivity contribution in [3.8, 4) is 0 Å². The van der Waals surface area contributed by atoms with E-state index in [9.17, 15) is 17.6 Å². The summed E-state index contributed by atoms with van der Waals surface area (Å²) in [7, 11) is -3.75. The highest BCUT2D eigenvalue weighted by Crippen LogP contribution is 2.24. The Labute approximate surface area is 168 Å². The van der Waals surface area contributed by atoms with Crippen molar-refractivity contribution < 1.29 is 22.3 Å². The zero-order valence-electron chi connectivity index (χ0n) is 15.2. The molecule has 1 atom stereocenters. The molecule has 0 aromatic heterocycles. The monoisotopic (exact) mass is 426 g/mol. The maximum Gasteiger partial charge on any atom is 0.253 e. The third-order valence-electron chi connectivity index (χ3n) is 4.51. The number of benzene rings is 2. The van der Waals surface area contributed by atoms with Crippen LogP contribution in [0.4, 0.5) is 4.39 Å². The lowest BCUT2D eigenvalue weighted by molar-refractivity contribution is 0.0730. The van der Waals surface area contributed by atoms with Gasteiger partial charge in [-0.05, 0) is 42.8 Å². The van der Waals surface area contributed by atoms with E-state index in [0.717, 1.165) is 0 Å². The van der Waals surface area contributed by atoms with E-state index in [1.165, 1.54) is 34.6 Å². The van der Waals surface area contributed by atoms with Crippen molar-refractivity contribution in [3.63, 3.8) is 0 Å². The second kappa shape index (κ2) is 8.57. The summed E-state index contributed by atoms with van der Waals surface area (Å²) in [5.41, 5.74) is 0.771. The van der Waals surface area contributed by atoms with Gasteiger partial charge in [0.25, 0.3) is 5.91 Å². The van der Waals surface area contributed by atoms with Crippen molar-refractivity contribution in [2.45, 2.75) is 17.9 Å². The predicted molar refractivity (Wildman–Crippen MR) is 103 cm³/mol. The van der Waals surface area contributed by atoms with E-state index >= 15 is 0 Å². The average Bonchev–Trinajstić information content (AvgIpc) is 2.69. The van der Waals surface area contributed by atoms with Crippen LogP contribution in [0.2, 0.25) is 5.02 Å². The Balaban J connectivity index is 1.82. The van der Waals surface area contributed by atoms with E-state index < -0.39 is 22.0 Å². The number of rotatable bonds is 5. The quantitative estimate of drug-likeness (QED) is 0.797. The fraction of sp³-hybridized carbons (Fsp3) is 0.316. The van der Waals surface area contributed by atoms with Crippen LogP contribution >= 0.6 is 11.6 Å². The minimum atomic E-state index is -3.75. The zero-order chi connectivity index (χ0) is 20.3. The summed E-state index contributed by atoms with van der Waals surface area (Å²) in [5, 5.41) is 2.90. The zero-order valence-corrected chi connectivity index (χ0v) is 16.8. The molecule has 0 spiro atoms. The number of sulfonamides is 1. The van der Waals surface area contributed by atoms with Gasteiger partial charge in [0, 0.05) is 13.1 Å². The Morgan fingerprint density at radius 3 is 2.46 bits per heavy atom. The minimum Gasteiger partial charge on any atom is -0.379 e. The summed E-state index contributed by atoms with van der Waals surface area (Å²) in [5.74, 6) is -0.882. The third-order valence-corrected chi connectivity index (χ3v) is 6.73. The summed E-state index contributed by atoms with van der Waals surface area (Å²) >= 11 is 6.14. The molecule has 1 amide bonds. The van der Waals surface area contributed by atoms with Crippen LogP contribution in [-0.2, 0) is 14.8 Å². The molecule has 1 N–H and O–H groups in total. The molecule has 1 heterocycles. The highest BCUT2D eigenvalue weighted by atomic mass is 35.5. The minimum absolute atomic E-state index is 0.00150. The van der Waals surface area contributed by atoms with Gasteiger partial charge in [0.15, 0.2) is 0 Å². The van der Waals surface area contributed by atoms with Gasteiger partial charge in [-0.2, -0.15) is 4.31 Å². The van der Waals surface area contributed by atoms with Crippen molar-refractivity contribution in [2.75, 3.05) is 26.3 Å². The number of hydrogen-bond donors (Lipinski definition) is 1. The molecule has 0 aliphatic carbocycles. The predicted octanol–water partition coefficient (Wildman–Crippen LogP) is 2.99. The van der Waals surface area contributed by atoms with E-state index in [4.69, 9.17) is 16.3 Å². The van der Waals surface area contributed by atoms with Crippen molar-refractivity contribution in [3.05, 3.63) is 64.4 Å². The number of carbonyl (C=O) groups is 1. The van der Waals surface area contributed by atoms with Gasteiger partial charge < -0.3 is 10.1 Å². The van der Waals surface area contributed by atoms with Crippen LogP contribution in [0.25, 0.3) is 0 Å². The van der Waals surface area contributed by atoms with Crippen LogP contribution in [0.5, 0.6) is 0 Å². The van der Waals surface area contributed by atoms with Crippen molar-refractivity contribution in [1.29, 1.82) is 0 Å². The first kappa shape index (κ1) is 20.7. The Bertz CT molecular complexity index is 960. The number of morpholine rings is 1. The summed E-state index contributed by atoms with van der Waals surface area (Å²) < 4.78 is 45.2. The molecule has 28 heavy (non-hydrogen) atoms. The Morgan fingerprint density at radius 1 is 1.18 bits per heavy atom. The highest BCUT2D eigenvalue weighted by Gasteiger charge is 2.27. The number of carbonyl (C=O) groups excluding carboxylic acids is 1. The van der Waals surface area contributed by atoms with Gasteiger partial charge >= 0.3 is 0 Å². The SMILES string of the molecule is CC(NC(=O)c1cc(S(=O)(=O)N2CCOCC2)ccc1Cl)c1ccc(F)cc1. The maximum atomic E-state index is 13.1. The smallest absolute Gasteiger partial charge is 0.253 e. The summed E-state index contributed by atoms with van der Waals surface area (Å²) in [6.45, 7) is 2.92. The number of ether oxygens (including phenoxy) is 1.